The van der Waals surface area contributed by atoms with E-state index in [-0.39, 0.29) is 5.54 Å². The predicted octanol–water partition coefficient (Wildman–Crippen LogP) is 2.57. The Kier molecular flexibility index (Phi) is 5.14. The molecule has 0 saturated carbocycles. The molecule has 0 aliphatic carbocycles. The van der Waals surface area contributed by atoms with Gasteiger partial charge in [0.1, 0.15) is 0 Å². The summed E-state index contributed by atoms with van der Waals surface area (Å²) in [5, 5.41) is 3.66. The molecule has 0 aromatic rings. The minimum atomic E-state index is 0.228. The minimum Gasteiger partial charge on any atom is -0.312 e. The van der Waals surface area contributed by atoms with Crippen LogP contribution in [0.3, 0.4) is 0 Å². The lowest BCUT2D eigenvalue weighted by molar-refractivity contribution is 0.139. The third-order valence-electron chi connectivity index (χ3n) is 5.53. The zero-order chi connectivity index (χ0) is 14.9. The van der Waals surface area contributed by atoms with Crippen molar-refractivity contribution in [3.8, 4) is 0 Å². The normalized spacial score (nSPS) is 32.1. The second kappa shape index (κ2) is 6.33. The number of rotatable bonds is 4. The van der Waals surface area contributed by atoms with Crippen LogP contribution in [0.1, 0.15) is 53.9 Å². The van der Waals surface area contributed by atoms with Gasteiger partial charge in [-0.05, 0) is 73.0 Å². The summed E-state index contributed by atoms with van der Waals surface area (Å²) in [6, 6.07) is 2.32. The Bertz CT molecular complexity index is 310. The van der Waals surface area contributed by atoms with Crippen LogP contribution in [0.15, 0.2) is 0 Å². The quantitative estimate of drug-likeness (QED) is 0.854. The summed E-state index contributed by atoms with van der Waals surface area (Å²) in [6.45, 7) is 15.3. The van der Waals surface area contributed by atoms with E-state index in [0.29, 0.717) is 12.0 Å². The Morgan fingerprint density at radius 3 is 2.40 bits per heavy atom. The molecular weight excluding hydrogens is 246 g/mol. The van der Waals surface area contributed by atoms with Crippen molar-refractivity contribution < 1.29 is 0 Å². The SMILES string of the molecule is CC(CNC(C)(C)C)C(C)N1CCC2CCC(C1)N2C. The average Bonchev–Trinajstić information content (AvgIpc) is 2.59. The van der Waals surface area contributed by atoms with Gasteiger partial charge in [0.2, 0.25) is 0 Å². The molecule has 118 valence electrons. The van der Waals surface area contributed by atoms with Crippen molar-refractivity contribution in [3.05, 3.63) is 0 Å². The maximum Gasteiger partial charge on any atom is 0.0223 e. The van der Waals surface area contributed by atoms with Crippen LogP contribution in [0.2, 0.25) is 0 Å². The lowest BCUT2D eigenvalue weighted by atomic mass is 9.98. The highest BCUT2D eigenvalue weighted by molar-refractivity contribution is 4.93. The number of nitrogens with one attached hydrogen (secondary N) is 1. The largest absolute Gasteiger partial charge is 0.312 e. The second-order valence-electron chi connectivity index (χ2n) is 8.18. The van der Waals surface area contributed by atoms with Gasteiger partial charge in [-0.25, -0.2) is 0 Å². The topological polar surface area (TPSA) is 18.5 Å². The van der Waals surface area contributed by atoms with E-state index in [4.69, 9.17) is 0 Å². The molecule has 2 aliphatic heterocycles. The molecule has 0 aromatic carbocycles. The van der Waals surface area contributed by atoms with Crippen LogP contribution >= 0.6 is 0 Å². The van der Waals surface area contributed by atoms with Crippen molar-refractivity contribution in [2.75, 3.05) is 26.7 Å². The summed E-state index contributed by atoms with van der Waals surface area (Å²) < 4.78 is 0. The standard InChI is InChI=1S/C17H35N3/c1-13(11-18-17(3,4)5)14(2)20-10-9-15-7-8-16(12-20)19(15)6/h13-16,18H,7-12H2,1-6H3. The Labute approximate surface area is 126 Å². The zero-order valence-electron chi connectivity index (χ0n) is 14.4. The third-order valence-corrected chi connectivity index (χ3v) is 5.53. The van der Waals surface area contributed by atoms with E-state index in [0.717, 1.165) is 18.6 Å². The van der Waals surface area contributed by atoms with E-state index in [1.165, 1.54) is 32.4 Å². The number of likely N-dealkylation sites (tertiary alicyclic amines) is 1. The Morgan fingerprint density at radius 2 is 1.75 bits per heavy atom. The summed E-state index contributed by atoms with van der Waals surface area (Å²) >= 11 is 0. The summed E-state index contributed by atoms with van der Waals surface area (Å²) in [7, 11) is 2.33. The molecule has 20 heavy (non-hydrogen) atoms. The first kappa shape index (κ1) is 16.3. The number of hydrogen-bond donors (Lipinski definition) is 1. The number of fused-ring (bicyclic) bond motifs is 2. The molecular formula is C17H35N3. The molecule has 0 aromatic heterocycles. The molecule has 0 spiro atoms. The lowest BCUT2D eigenvalue weighted by Crippen LogP contribution is -2.47. The molecule has 2 aliphatic rings. The number of likely N-dealkylation sites (N-methyl/N-ethyl adjacent to an activating group) is 1. The maximum atomic E-state index is 3.66. The van der Waals surface area contributed by atoms with E-state index in [1.807, 2.05) is 0 Å². The maximum absolute atomic E-state index is 3.66. The molecule has 2 heterocycles. The Hall–Kier alpha value is -0.120. The molecule has 2 rings (SSSR count). The second-order valence-corrected chi connectivity index (χ2v) is 8.18. The molecule has 1 N–H and O–H groups in total. The van der Waals surface area contributed by atoms with E-state index < -0.39 is 0 Å². The fourth-order valence-corrected chi connectivity index (χ4v) is 3.70. The fraction of sp³-hybridized carbons (Fsp3) is 1.00. The van der Waals surface area contributed by atoms with Gasteiger partial charge < -0.3 is 5.32 Å². The molecule has 3 heteroatoms. The summed E-state index contributed by atoms with van der Waals surface area (Å²) in [5.41, 5.74) is 0.228. The molecule has 4 unspecified atom stereocenters. The van der Waals surface area contributed by atoms with Gasteiger partial charge in [0.05, 0.1) is 0 Å². The van der Waals surface area contributed by atoms with Crippen molar-refractivity contribution in [3.63, 3.8) is 0 Å². The highest BCUT2D eigenvalue weighted by atomic mass is 15.3. The van der Waals surface area contributed by atoms with Crippen LogP contribution in [-0.2, 0) is 0 Å². The van der Waals surface area contributed by atoms with Gasteiger partial charge in [-0.3, -0.25) is 9.80 Å². The molecule has 4 atom stereocenters. The fourth-order valence-electron chi connectivity index (χ4n) is 3.70. The van der Waals surface area contributed by atoms with Crippen LogP contribution in [0, 0.1) is 5.92 Å². The highest BCUT2D eigenvalue weighted by Crippen LogP contribution is 2.30. The average molecular weight is 281 g/mol. The molecule has 3 nitrogen and oxygen atoms in total. The summed E-state index contributed by atoms with van der Waals surface area (Å²) in [4.78, 5) is 5.39. The summed E-state index contributed by atoms with van der Waals surface area (Å²) in [6.07, 6.45) is 4.18. The van der Waals surface area contributed by atoms with E-state index in [2.05, 4.69) is 56.8 Å². The van der Waals surface area contributed by atoms with E-state index in [1.54, 1.807) is 0 Å². The van der Waals surface area contributed by atoms with Crippen molar-refractivity contribution in [2.45, 2.75) is 77.5 Å². The van der Waals surface area contributed by atoms with Gasteiger partial charge in [0.25, 0.3) is 0 Å². The van der Waals surface area contributed by atoms with E-state index >= 15 is 0 Å². The predicted molar refractivity (Wildman–Crippen MR) is 87.1 cm³/mol. The first-order chi connectivity index (χ1) is 9.28. The van der Waals surface area contributed by atoms with Crippen LogP contribution in [-0.4, -0.2) is 60.1 Å². The molecule has 2 saturated heterocycles. The molecule has 0 amide bonds. The van der Waals surface area contributed by atoms with Gasteiger partial charge in [-0.15, -0.1) is 0 Å². The molecule has 2 bridgehead atoms. The van der Waals surface area contributed by atoms with Gasteiger partial charge in [-0.1, -0.05) is 6.92 Å². The first-order valence-electron chi connectivity index (χ1n) is 8.49. The van der Waals surface area contributed by atoms with Crippen LogP contribution < -0.4 is 5.32 Å². The van der Waals surface area contributed by atoms with Gasteiger partial charge >= 0.3 is 0 Å². The zero-order valence-corrected chi connectivity index (χ0v) is 14.4. The van der Waals surface area contributed by atoms with Crippen LogP contribution in [0.25, 0.3) is 0 Å². The minimum absolute atomic E-state index is 0.228. The van der Waals surface area contributed by atoms with Gasteiger partial charge in [-0.2, -0.15) is 0 Å². The first-order valence-corrected chi connectivity index (χ1v) is 8.49. The highest BCUT2D eigenvalue weighted by Gasteiger charge is 2.36. The Balaban J connectivity index is 1.87. The molecule has 2 fully saturated rings. The number of nitrogens with zero attached hydrogens (tertiary/aromatic N) is 2. The Morgan fingerprint density at radius 1 is 1.10 bits per heavy atom. The van der Waals surface area contributed by atoms with Crippen LogP contribution in [0.4, 0.5) is 0 Å². The number of hydrogen-bond acceptors (Lipinski definition) is 3. The third kappa shape index (κ3) is 3.96. The monoisotopic (exact) mass is 281 g/mol. The summed E-state index contributed by atoms with van der Waals surface area (Å²) in [5.74, 6) is 0.705. The van der Waals surface area contributed by atoms with Gasteiger partial charge in [0.15, 0.2) is 0 Å². The van der Waals surface area contributed by atoms with Crippen molar-refractivity contribution in [2.24, 2.45) is 5.92 Å². The van der Waals surface area contributed by atoms with Crippen LogP contribution in [0.5, 0.6) is 0 Å². The lowest BCUT2D eigenvalue weighted by Gasteiger charge is -2.36. The smallest absolute Gasteiger partial charge is 0.0223 e. The van der Waals surface area contributed by atoms with E-state index in [9.17, 15) is 0 Å². The van der Waals surface area contributed by atoms with Crippen molar-refractivity contribution in [1.82, 2.24) is 15.1 Å². The van der Waals surface area contributed by atoms with Gasteiger partial charge in [0, 0.05) is 30.2 Å². The molecule has 0 radical (unpaired) electrons. The van der Waals surface area contributed by atoms with Crippen molar-refractivity contribution >= 4 is 0 Å². The van der Waals surface area contributed by atoms with Crippen molar-refractivity contribution in [1.29, 1.82) is 0 Å².